The maximum absolute atomic E-state index is 14.7. The van der Waals surface area contributed by atoms with E-state index >= 15 is 0 Å². The van der Waals surface area contributed by atoms with Crippen LogP contribution in [0.4, 0.5) is 0 Å². The van der Waals surface area contributed by atoms with Crippen LogP contribution < -0.4 is 9.47 Å². The lowest BCUT2D eigenvalue weighted by atomic mass is 9.83. The van der Waals surface area contributed by atoms with E-state index in [2.05, 4.69) is 27.7 Å². The van der Waals surface area contributed by atoms with Crippen LogP contribution in [0.3, 0.4) is 0 Å². The first-order valence-electron chi connectivity index (χ1n) is 32.4. The van der Waals surface area contributed by atoms with Crippen molar-refractivity contribution >= 4 is 91.8 Å². The molecule has 16 heteroatoms. The number of para-hydroxylation sites is 2. The van der Waals surface area contributed by atoms with Gasteiger partial charge in [-0.3, -0.25) is 9.59 Å². The number of carbonyl (C=O) groups excluding carboxylic acids is 8. The standard InChI is InChI=1S/C44H56N2O6S.C28H34O6S/c1-7-9-11-13-15-23-29-33-34(30-24-16-14-12-10-8-2)36(44(50)52-32-27-21-18-22-28-32)38-37(35(33)43(49)51-31-25-19-17-20-26-31)39(41(47)45(3)4)53-40(38)42(48)46(5)6;1-3-5-7-9-11-13-15-17-18(16-14-12-10-8-6-4-2)20-22-21-19(17)25(29)33-27(31)23(21)35-24(22)28(32)34-26(20)30/h17-22,25-28H,7-16,23-24,29-30H2,1-6H3;3-16H2,1-2H3. The van der Waals surface area contributed by atoms with Crippen molar-refractivity contribution in [1.82, 2.24) is 9.80 Å². The lowest BCUT2D eigenvalue weighted by Gasteiger charge is -2.23. The maximum Gasteiger partial charge on any atom is 0.356 e. The van der Waals surface area contributed by atoms with E-state index in [0.29, 0.717) is 70.2 Å². The normalized spacial score (nSPS) is 12.5. The SMILES string of the molecule is CCCCCCCCc1c(CCCCCCCC)c(C(=O)Oc2ccccc2)c2c(C(=O)N(C)C)sc(C(=O)N(C)C)c2c1C(=O)Oc1ccccc1.CCCCCCCCc1c(CCCCCCCC)c2c3c(sc4c3c1C(=O)OC4=O)C(=O)OC2=O. The smallest absolute Gasteiger partial charge is 0.356 e. The molecule has 2 aliphatic heterocycles. The molecule has 0 fully saturated rings. The summed E-state index contributed by atoms with van der Waals surface area (Å²) < 4.78 is 22.3. The van der Waals surface area contributed by atoms with Gasteiger partial charge in [0.05, 0.1) is 22.3 Å². The average molecular weight is 1240 g/mol. The number of fused-ring (bicyclic) bond motifs is 1. The Morgan fingerprint density at radius 2 is 0.670 bits per heavy atom. The molecule has 6 aromatic rings. The van der Waals surface area contributed by atoms with E-state index in [1.54, 1.807) is 76.7 Å². The molecule has 0 bridgehead atoms. The Hall–Kier alpha value is -7.04. The summed E-state index contributed by atoms with van der Waals surface area (Å²) in [5.74, 6) is -4.12. The molecule has 472 valence electrons. The minimum absolute atomic E-state index is 0.208. The molecule has 2 amide bonds. The van der Waals surface area contributed by atoms with Crippen LogP contribution in [0.1, 0.15) is 284 Å². The van der Waals surface area contributed by atoms with E-state index in [9.17, 15) is 38.4 Å². The number of carbonyl (C=O) groups is 8. The summed E-state index contributed by atoms with van der Waals surface area (Å²) in [6.07, 6.45) is 27.9. The van der Waals surface area contributed by atoms with Crippen LogP contribution in [0.5, 0.6) is 11.5 Å². The molecule has 88 heavy (non-hydrogen) atoms. The summed E-state index contributed by atoms with van der Waals surface area (Å²) in [5.41, 5.74) is 4.21. The molecule has 8 rings (SSSR count). The quantitative estimate of drug-likeness (QED) is 0.0162. The number of ether oxygens (including phenoxy) is 4. The van der Waals surface area contributed by atoms with Gasteiger partial charge in [0.15, 0.2) is 0 Å². The van der Waals surface area contributed by atoms with Crippen LogP contribution in [0.2, 0.25) is 0 Å². The molecule has 4 aromatic carbocycles. The van der Waals surface area contributed by atoms with Crippen LogP contribution in [0, 0.1) is 0 Å². The number of thiophene rings is 2. The van der Waals surface area contributed by atoms with Gasteiger partial charge in [0, 0.05) is 49.7 Å². The second kappa shape index (κ2) is 34.1. The number of amides is 2. The highest BCUT2D eigenvalue weighted by molar-refractivity contribution is 7.18. The zero-order valence-electron chi connectivity index (χ0n) is 53.2. The van der Waals surface area contributed by atoms with Crippen LogP contribution in [-0.2, 0) is 35.2 Å². The van der Waals surface area contributed by atoms with Crippen molar-refractivity contribution in [1.29, 1.82) is 0 Å². The number of benzene rings is 4. The third-order valence-electron chi connectivity index (χ3n) is 16.5. The van der Waals surface area contributed by atoms with Crippen molar-refractivity contribution in [2.24, 2.45) is 0 Å². The lowest BCUT2D eigenvalue weighted by molar-refractivity contribution is 0.0373. The third-order valence-corrected chi connectivity index (χ3v) is 18.9. The Labute approximate surface area is 528 Å². The van der Waals surface area contributed by atoms with Crippen molar-refractivity contribution in [2.75, 3.05) is 28.2 Å². The maximum atomic E-state index is 14.7. The fourth-order valence-corrected chi connectivity index (χ4v) is 14.4. The lowest BCUT2D eigenvalue weighted by Crippen LogP contribution is -2.25. The predicted molar refractivity (Wildman–Crippen MR) is 350 cm³/mol. The summed E-state index contributed by atoms with van der Waals surface area (Å²) in [6.45, 7) is 8.74. The Balaban J connectivity index is 0.000000272. The average Bonchev–Trinajstić information content (AvgIpc) is 1.58. The van der Waals surface area contributed by atoms with E-state index in [-0.39, 0.29) is 53.2 Å². The first kappa shape index (κ1) is 68.5. The fraction of sp³-hybridized carbons (Fsp3) is 0.500. The second-order valence-electron chi connectivity index (χ2n) is 23.7. The molecule has 4 heterocycles. The number of nitrogens with zero attached hydrogens (tertiary/aromatic N) is 2. The van der Waals surface area contributed by atoms with Crippen LogP contribution in [0.25, 0.3) is 21.5 Å². The van der Waals surface area contributed by atoms with Gasteiger partial charge in [-0.15, -0.1) is 22.7 Å². The third kappa shape index (κ3) is 16.8. The zero-order chi connectivity index (χ0) is 63.3. The Morgan fingerprint density at radius 1 is 0.375 bits per heavy atom. The summed E-state index contributed by atoms with van der Waals surface area (Å²) in [4.78, 5) is 112. The summed E-state index contributed by atoms with van der Waals surface area (Å²) in [6, 6.07) is 17.7. The molecule has 0 atom stereocenters. The summed E-state index contributed by atoms with van der Waals surface area (Å²) in [5, 5.41) is 1.37. The van der Waals surface area contributed by atoms with Crippen LogP contribution in [-0.4, -0.2) is 85.6 Å². The van der Waals surface area contributed by atoms with Gasteiger partial charge in [-0.1, -0.05) is 193 Å². The van der Waals surface area contributed by atoms with Crippen molar-refractivity contribution in [3.8, 4) is 11.5 Å². The fourth-order valence-electron chi connectivity index (χ4n) is 12.0. The molecule has 0 saturated heterocycles. The van der Waals surface area contributed by atoms with Gasteiger partial charge in [0.25, 0.3) is 11.8 Å². The molecule has 0 N–H and O–H groups in total. The van der Waals surface area contributed by atoms with Crippen LogP contribution >= 0.6 is 22.7 Å². The Morgan fingerprint density at radius 3 is 0.977 bits per heavy atom. The summed E-state index contributed by atoms with van der Waals surface area (Å²) >= 11 is 1.98. The van der Waals surface area contributed by atoms with Gasteiger partial charge >= 0.3 is 35.8 Å². The number of esters is 6. The molecular formula is C72H90N2O12S2. The second-order valence-corrected chi connectivity index (χ2v) is 25.7. The highest BCUT2D eigenvalue weighted by Gasteiger charge is 2.43. The molecule has 0 saturated carbocycles. The number of unbranched alkanes of at least 4 members (excludes halogenated alkanes) is 20. The number of cyclic esters (lactones) is 4. The topological polar surface area (TPSA) is 180 Å². The van der Waals surface area contributed by atoms with E-state index in [1.807, 2.05) is 12.1 Å². The molecule has 2 aromatic heterocycles. The molecule has 0 spiro atoms. The van der Waals surface area contributed by atoms with Gasteiger partial charge in [0.1, 0.15) is 31.0 Å². The molecule has 0 radical (unpaired) electrons. The van der Waals surface area contributed by atoms with Gasteiger partial charge in [-0.25, -0.2) is 28.8 Å². The minimum atomic E-state index is -0.758. The van der Waals surface area contributed by atoms with Crippen molar-refractivity contribution in [3.05, 3.63) is 125 Å². The van der Waals surface area contributed by atoms with E-state index in [1.165, 1.54) is 48.3 Å². The van der Waals surface area contributed by atoms with Gasteiger partial charge in [-0.2, -0.15) is 0 Å². The molecule has 0 aliphatic carbocycles. The van der Waals surface area contributed by atoms with E-state index in [4.69, 9.17) is 18.9 Å². The summed E-state index contributed by atoms with van der Waals surface area (Å²) in [7, 11) is 6.55. The first-order valence-corrected chi connectivity index (χ1v) is 34.0. The minimum Gasteiger partial charge on any atom is -0.423 e. The molecule has 2 aliphatic rings. The number of rotatable bonds is 34. The molecular weight excluding hydrogens is 1150 g/mol. The monoisotopic (exact) mass is 1240 g/mol. The van der Waals surface area contributed by atoms with Gasteiger partial charge < -0.3 is 28.7 Å². The highest BCUT2D eigenvalue weighted by Crippen LogP contribution is 2.47. The number of hydrogen-bond donors (Lipinski definition) is 0. The first-order chi connectivity index (χ1) is 42.6. The van der Waals surface area contributed by atoms with E-state index in [0.717, 1.165) is 149 Å². The Bertz CT molecular complexity index is 3210. The van der Waals surface area contributed by atoms with Gasteiger partial charge in [0.2, 0.25) is 0 Å². The zero-order valence-corrected chi connectivity index (χ0v) is 54.8. The Kier molecular flexibility index (Phi) is 26.5. The number of hydrogen-bond acceptors (Lipinski definition) is 14. The van der Waals surface area contributed by atoms with E-state index < -0.39 is 35.8 Å². The van der Waals surface area contributed by atoms with Crippen molar-refractivity contribution in [3.63, 3.8) is 0 Å². The highest BCUT2D eigenvalue weighted by atomic mass is 32.1. The largest absolute Gasteiger partial charge is 0.423 e. The van der Waals surface area contributed by atoms with Crippen molar-refractivity contribution in [2.45, 2.75) is 207 Å². The van der Waals surface area contributed by atoms with Crippen molar-refractivity contribution < 1.29 is 57.3 Å². The molecule has 0 unspecified atom stereocenters. The van der Waals surface area contributed by atoms with Gasteiger partial charge in [-0.05, 0) is 97.9 Å². The van der Waals surface area contributed by atoms with Crippen LogP contribution in [0.15, 0.2) is 60.7 Å². The molecule has 14 nitrogen and oxygen atoms in total. The predicted octanol–water partition coefficient (Wildman–Crippen LogP) is 17.9.